The molecular weight excluding hydrogens is 238 g/mol. The summed E-state index contributed by atoms with van der Waals surface area (Å²) in [4.78, 5) is 21.4. The third kappa shape index (κ3) is 2.32. The van der Waals surface area contributed by atoms with E-state index in [2.05, 4.69) is 4.74 Å². The molecule has 1 rings (SSSR count). The molecule has 7 heteroatoms. The number of phenolic OH excluding ortho intramolecular Hbond substituents is 1. The summed E-state index contributed by atoms with van der Waals surface area (Å²) in [7, 11) is 1.00. The molecule has 0 aliphatic rings. The fraction of sp³-hybridized carbons (Fsp3) is 0.200. The number of phenols is 1. The molecule has 0 amide bonds. The smallest absolute Gasteiger partial charge is 0.379 e. The van der Waals surface area contributed by atoms with Gasteiger partial charge in [-0.3, -0.25) is 0 Å². The summed E-state index contributed by atoms with van der Waals surface area (Å²) in [5, 5.41) is 17.6. The van der Waals surface area contributed by atoms with Gasteiger partial charge in [0.2, 0.25) is 0 Å². The Labute approximate surface area is 94.2 Å². The van der Waals surface area contributed by atoms with E-state index < -0.39 is 34.7 Å². The first-order valence-corrected chi connectivity index (χ1v) is 4.33. The van der Waals surface area contributed by atoms with Gasteiger partial charge in [0, 0.05) is 5.56 Å². The van der Waals surface area contributed by atoms with E-state index in [4.69, 9.17) is 5.11 Å². The number of rotatable bonds is 3. The van der Waals surface area contributed by atoms with Crippen molar-refractivity contribution in [2.24, 2.45) is 0 Å². The Hall–Kier alpha value is -2.18. The van der Waals surface area contributed by atoms with Crippen molar-refractivity contribution in [3.05, 3.63) is 29.3 Å². The lowest BCUT2D eigenvalue weighted by Gasteiger charge is -2.12. The first kappa shape index (κ1) is 12.9. The second-order valence-electron chi connectivity index (χ2n) is 3.10. The second-order valence-corrected chi connectivity index (χ2v) is 3.10. The highest BCUT2D eigenvalue weighted by Crippen LogP contribution is 2.31. The molecular formula is C10H8F2O5. The van der Waals surface area contributed by atoms with Crippen LogP contribution >= 0.6 is 0 Å². The van der Waals surface area contributed by atoms with Gasteiger partial charge in [0.15, 0.2) is 0 Å². The number of hydrogen-bond donors (Lipinski definition) is 2. The maximum Gasteiger partial charge on any atom is 0.379 e. The van der Waals surface area contributed by atoms with Crippen LogP contribution in [0.3, 0.4) is 0 Å². The van der Waals surface area contributed by atoms with Crippen LogP contribution < -0.4 is 0 Å². The van der Waals surface area contributed by atoms with Crippen molar-refractivity contribution in [2.75, 3.05) is 7.11 Å². The van der Waals surface area contributed by atoms with Gasteiger partial charge in [-0.2, -0.15) is 8.78 Å². The average Bonchev–Trinajstić information content (AvgIpc) is 2.28. The minimum Gasteiger partial charge on any atom is -0.507 e. The minimum atomic E-state index is -4.14. The highest BCUT2D eigenvalue weighted by molar-refractivity contribution is 5.93. The van der Waals surface area contributed by atoms with Crippen molar-refractivity contribution < 1.29 is 33.3 Å². The van der Waals surface area contributed by atoms with Gasteiger partial charge in [-0.25, -0.2) is 9.59 Å². The van der Waals surface area contributed by atoms with E-state index in [9.17, 15) is 23.5 Å². The molecule has 5 nitrogen and oxygen atoms in total. The van der Waals surface area contributed by atoms with Crippen LogP contribution in [0.4, 0.5) is 8.78 Å². The van der Waals surface area contributed by atoms with Gasteiger partial charge >= 0.3 is 17.9 Å². The molecule has 2 N–H and O–H groups in total. The number of esters is 1. The maximum atomic E-state index is 13.1. The molecule has 0 bridgehead atoms. The Balaban J connectivity index is 3.31. The van der Waals surface area contributed by atoms with Crippen molar-refractivity contribution in [3.63, 3.8) is 0 Å². The van der Waals surface area contributed by atoms with E-state index in [-0.39, 0.29) is 0 Å². The predicted octanol–water partition coefficient (Wildman–Crippen LogP) is 1.36. The third-order valence-corrected chi connectivity index (χ3v) is 2.03. The SMILES string of the molecule is COC(=O)c1cc(C(F)(F)C(=O)O)ccc1O. The summed E-state index contributed by atoms with van der Waals surface area (Å²) in [6, 6.07) is 2.10. The molecule has 1 aromatic rings. The molecule has 1 aromatic carbocycles. The van der Waals surface area contributed by atoms with Crippen LogP contribution in [-0.2, 0) is 15.5 Å². The number of carbonyl (C=O) groups excluding carboxylic acids is 1. The first-order chi connectivity index (χ1) is 7.80. The molecule has 0 spiro atoms. The number of hydrogen-bond acceptors (Lipinski definition) is 4. The zero-order chi connectivity index (χ0) is 13.2. The molecule has 0 unspecified atom stereocenters. The van der Waals surface area contributed by atoms with Crippen LogP contribution in [0.15, 0.2) is 18.2 Å². The van der Waals surface area contributed by atoms with Crippen LogP contribution in [0.2, 0.25) is 0 Å². The number of benzene rings is 1. The largest absolute Gasteiger partial charge is 0.507 e. The van der Waals surface area contributed by atoms with Crippen molar-refractivity contribution >= 4 is 11.9 Å². The fourth-order valence-electron chi connectivity index (χ4n) is 1.13. The third-order valence-electron chi connectivity index (χ3n) is 2.03. The molecule has 92 valence electrons. The summed E-state index contributed by atoms with van der Waals surface area (Å²) in [5.74, 6) is -8.09. The molecule has 0 radical (unpaired) electrons. The number of alkyl halides is 2. The molecule has 0 aromatic heterocycles. The topological polar surface area (TPSA) is 83.8 Å². The Morgan fingerprint density at radius 2 is 1.94 bits per heavy atom. The number of methoxy groups -OCH3 is 1. The van der Waals surface area contributed by atoms with E-state index in [0.717, 1.165) is 19.2 Å². The quantitative estimate of drug-likeness (QED) is 0.786. The zero-order valence-corrected chi connectivity index (χ0v) is 8.61. The zero-order valence-electron chi connectivity index (χ0n) is 8.61. The Morgan fingerprint density at radius 3 is 2.41 bits per heavy atom. The summed E-state index contributed by atoms with van der Waals surface area (Å²) in [6.07, 6.45) is 0. The van der Waals surface area contributed by atoms with Gasteiger partial charge < -0.3 is 14.9 Å². The Morgan fingerprint density at radius 1 is 1.35 bits per heavy atom. The first-order valence-electron chi connectivity index (χ1n) is 4.33. The van der Waals surface area contributed by atoms with E-state index >= 15 is 0 Å². The van der Waals surface area contributed by atoms with Crippen LogP contribution in [0, 0.1) is 0 Å². The molecule has 0 aliphatic heterocycles. The summed E-state index contributed by atoms with van der Waals surface area (Å²) < 4.78 is 30.5. The van der Waals surface area contributed by atoms with Crippen molar-refractivity contribution in [3.8, 4) is 5.75 Å². The lowest BCUT2D eigenvalue weighted by Crippen LogP contribution is -2.25. The van der Waals surface area contributed by atoms with Crippen molar-refractivity contribution in [1.82, 2.24) is 0 Å². The van der Waals surface area contributed by atoms with E-state index in [1.165, 1.54) is 0 Å². The van der Waals surface area contributed by atoms with Crippen LogP contribution in [-0.4, -0.2) is 29.3 Å². The summed E-state index contributed by atoms with van der Waals surface area (Å²) >= 11 is 0. The van der Waals surface area contributed by atoms with E-state index in [0.29, 0.717) is 6.07 Å². The number of ether oxygens (including phenoxy) is 1. The second kappa shape index (κ2) is 4.36. The molecule has 0 saturated carbocycles. The number of aliphatic carboxylic acids is 1. The van der Waals surface area contributed by atoms with Crippen molar-refractivity contribution in [2.45, 2.75) is 5.92 Å². The normalized spacial score (nSPS) is 11.0. The molecule has 17 heavy (non-hydrogen) atoms. The van der Waals surface area contributed by atoms with Gasteiger partial charge in [-0.1, -0.05) is 0 Å². The van der Waals surface area contributed by atoms with E-state index in [1.807, 2.05) is 0 Å². The van der Waals surface area contributed by atoms with Gasteiger partial charge in [0.05, 0.1) is 7.11 Å². The number of halogens is 2. The summed E-state index contributed by atoms with van der Waals surface area (Å²) in [5.41, 5.74) is -1.44. The van der Waals surface area contributed by atoms with Crippen LogP contribution in [0.5, 0.6) is 5.75 Å². The number of carboxylic acid groups (broad SMARTS) is 1. The minimum absolute atomic E-state index is 0.522. The Kier molecular flexibility index (Phi) is 3.31. The number of aromatic hydroxyl groups is 1. The highest BCUT2D eigenvalue weighted by atomic mass is 19.3. The molecule has 0 heterocycles. The molecule has 0 aliphatic carbocycles. The predicted molar refractivity (Wildman–Crippen MR) is 51.0 cm³/mol. The number of carboxylic acids is 1. The molecule has 0 atom stereocenters. The average molecular weight is 246 g/mol. The van der Waals surface area contributed by atoms with Gasteiger partial charge in [-0.05, 0) is 18.2 Å². The maximum absolute atomic E-state index is 13.1. The van der Waals surface area contributed by atoms with Gasteiger partial charge in [0.25, 0.3) is 0 Å². The monoisotopic (exact) mass is 246 g/mol. The van der Waals surface area contributed by atoms with Gasteiger partial charge in [0.1, 0.15) is 11.3 Å². The lowest BCUT2D eigenvalue weighted by molar-refractivity contribution is -0.166. The highest BCUT2D eigenvalue weighted by Gasteiger charge is 2.41. The standard InChI is InChI=1S/C10H8F2O5/c1-17-8(14)6-4-5(2-3-7(6)13)10(11,12)9(15)16/h2-4,13H,1H3,(H,15,16). The Bertz CT molecular complexity index is 470. The number of carbonyl (C=O) groups is 2. The lowest BCUT2D eigenvalue weighted by atomic mass is 10.0. The van der Waals surface area contributed by atoms with Gasteiger partial charge in [-0.15, -0.1) is 0 Å². The summed E-state index contributed by atoms with van der Waals surface area (Å²) in [6.45, 7) is 0. The van der Waals surface area contributed by atoms with Crippen LogP contribution in [0.1, 0.15) is 15.9 Å². The van der Waals surface area contributed by atoms with E-state index in [1.54, 1.807) is 0 Å². The molecule has 0 fully saturated rings. The fourth-order valence-corrected chi connectivity index (χ4v) is 1.13. The van der Waals surface area contributed by atoms with Crippen LogP contribution in [0.25, 0.3) is 0 Å². The van der Waals surface area contributed by atoms with Crippen molar-refractivity contribution in [1.29, 1.82) is 0 Å². The molecule has 0 saturated heterocycles.